The van der Waals surface area contributed by atoms with Crippen molar-refractivity contribution in [2.75, 3.05) is 0 Å². The second kappa shape index (κ2) is 9.85. The van der Waals surface area contributed by atoms with Gasteiger partial charge in [0.15, 0.2) is 0 Å². The number of hydrogen-bond donors (Lipinski definition) is 1. The van der Waals surface area contributed by atoms with E-state index in [-0.39, 0.29) is 18.0 Å². The quantitative estimate of drug-likeness (QED) is 0.449. The predicted octanol–water partition coefficient (Wildman–Crippen LogP) is 4.46. The van der Waals surface area contributed by atoms with Crippen LogP contribution in [0.25, 0.3) is 11.0 Å². The van der Waals surface area contributed by atoms with Gasteiger partial charge >= 0.3 is 0 Å². The Bertz CT molecular complexity index is 1490. The number of carbonyl (C=O) groups is 1. The standard InChI is InChI=1S/C27H24FN5O2/c1-16(2)21-10-20-11-24(26(34)32-17(3)19-6-4-18(12-29)5-7-19)27(35)33(25(20)31-13-21)15-23-9-8-22(28)14-30-23/h4-11,13-14,16-17H,15H2,1-3H3,(H,32,34). The molecule has 1 atom stereocenters. The van der Waals surface area contributed by atoms with E-state index in [4.69, 9.17) is 5.26 Å². The summed E-state index contributed by atoms with van der Waals surface area (Å²) < 4.78 is 14.7. The second-order valence-corrected chi connectivity index (χ2v) is 8.68. The fraction of sp³-hybridized carbons (Fsp3) is 0.222. The Morgan fingerprint density at radius 2 is 1.80 bits per heavy atom. The van der Waals surface area contributed by atoms with Crippen LogP contribution in [0.2, 0.25) is 0 Å². The molecule has 0 aliphatic carbocycles. The maximum Gasteiger partial charge on any atom is 0.265 e. The van der Waals surface area contributed by atoms with Crippen molar-refractivity contribution >= 4 is 16.9 Å². The molecule has 176 valence electrons. The topological polar surface area (TPSA) is 101 Å². The molecule has 0 saturated carbocycles. The summed E-state index contributed by atoms with van der Waals surface area (Å²) in [5, 5.41) is 12.5. The molecule has 1 unspecified atom stereocenters. The monoisotopic (exact) mass is 469 g/mol. The number of nitrogens with one attached hydrogen (secondary N) is 1. The van der Waals surface area contributed by atoms with Crippen LogP contribution in [0.4, 0.5) is 4.39 Å². The van der Waals surface area contributed by atoms with Crippen molar-refractivity contribution in [3.8, 4) is 6.07 Å². The van der Waals surface area contributed by atoms with E-state index in [9.17, 15) is 14.0 Å². The zero-order valence-corrected chi connectivity index (χ0v) is 19.6. The van der Waals surface area contributed by atoms with Crippen LogP contribution in [0.5, 0.6) is 0 Å². The SMILES string of the molecule is CC(C)c1cnc2c(c1)cc(C(=O)NC(C)c1ccc(C#N)cc1)c(=O)n2Cc1ccc(F)cn1. The summed E-state index contributed by atoms with van der Waals surface area (Å²) in [6, 6.07) is 14.8. The third-order valence-corrected chi connectivity index (χ3v) is 5.85. The van der Waals surface area contributed by atoms with E-state index in [1.165, 1.54) is 16.7 Å². The third kappa shape index (κ3) is 5.09. The Labute approximate surface area is 201 Å². The molecule has 1 amide bonds. The Morgan fingerprint density at radius 3 is 2.43 bits per heavy atom. The average molecular weight is 470 g/mol. The van der Waals surface area contributed by atoms with Gasteiger partial charge in [0.05, 0.1) is 36.1 Å². The maximum absolute atomic E-state index is 13.4. The van der Waals surface area contributed by atoms with Crippen LogP contribution in [0, 0.1) is 17.1 Å². The van der Waals surface area contributed by atoms with Crippen LogP contribution in [0.3, 0.4) is 0 Å². The fourth-order valence-electron chi connectivity index (χ4n) is 3.77. The van der Waals surface area contributed by atoms with Gasteiger partial charge in [-0.3, -0.25) is 19.1 Å². The van der Waals surface area contributed by atoms with Gasteiger partial charge in [-0.1, -0.05) is 26.0 Å². The van der Waals surface area contributed by atoms with E-state index in [0.29, 0.717) is 22.3 Å². The van der Waals surface area contributed by atoms with Gasteiger partial charge in [-0.05, 0) is 60.4 Å². The highest BCUT2D eigenvalue weighted by atomic mass is 19.1. The smallest absolute Gasteiger partial charge is 0.265 e. The van der Waals surface area contributed by atoms with Crippen LogP contribution >= 0.6 is 0 Å². The molecule has 4 rings (SSSR count). The Morgan fingerprint density at radius 1 is 1.06 bits per heavy atom. The van der Waals surface area contributed by atoms with E-state index in [1.54, 1.807) is 43.5 Å². The molecule has 0 bridgehead atoms. The summed E-state index contributed by atoms with van der Waals surface area (Å²) in [5.74, 6) is -0.792. The van der Waals surface area contributed by atoms with Crippen molar-refractivity contribution in [1.29, 1.82) is 5.26 Å². The molecule has 35 heavy (non-hydrogen) atoms. The minimum atomic E-state index is -0.524. The Kier molecular flexibility index (Phi) is 6.69. The molecule has 0 aliphatic rings. The highest BCUT2D eigenvalue weighted by molar-refractivity contribution is 5.97. The van der Waals surface area contributed by atoms with Gasteiger partial charge in [0.25, 0.3) is 11.5 Å². The zero-order chi connectivity index (χ0) is 25.1. The van der Waals surface area contributed by atoms with Crippen molar-refractivity contribution in [1.82, 2.24) is 19.9 Å². The molecule has 0 aliphatic heterocycles. The van der Waals surface area contributed by atoms with Crippen LogP contribution in [-0.4, -0.2) is 20.4 Å². The van der Waals surface area contributed by atoms with Gasteiger partial charge in [-0.25, -0.2) is 9.37 Å². The molecule has 0 spiro atoms. The number of pyridine rings is 3. The molecule has 7 nitrogen and oxygen atoms in total. The van der Waals surface area contributed by atoms with E-state index in [1.807, 2.05) is 19.9 Å². The fourth-order valence-corrected chi connectivity index (χ4v) is 3.77. The number of fused-ring (bicyclic) bond motifs is 1. The average Bonchev–Trinajstić information content (AvgIpc) is 2.86. The van der Waals surface area contributed by atoms with Gasteiger partial charge in [-0.15, -0.1) is 0 Å². The molecular weight excluding hydrogens is 445 g/mol. The van der Waals surface area contributed by atoms with Crippen LogP contribution in [-0.2, 0) is 6.54 Å². The number of benzene rings is 1. The maximum atomic E-state index is 13.4. The number of nitrogens with zero attached hydrogens (tertiary/aromatic N) is 4. The summed E-state index contributed by atoms with van der Waals surface area (Å²) in [7, 11) is 0. The first kappa shape index (κ1) is 23.8. The number of halogens is 1. The summed E-state index contributed by atoms with van der Waals surface area (Å²) >= 11 is 0. The van der Waals surface area contributed by atoms with E-state index in [2.05, 4.69) is 21.4 Å². The van der Waals surface area contributed by atoms with Crippen LogP contribution < -0.4 is 10.9 Å². The number of hydrogen-bond acceptors (Lipinski definition) is 5. The van der Waals surface area contributed by atoms with Crippen molar-refractivity contribution in [3.05, 3.63) is 105 Å². The number of rotatable bonds is 6. The van der Waals surface area contributed by atoms with E-state index < -0.39 is 23.3 Å². The molecule has 8 heteroatoms. The Hall–Kier alpha value is -4.38. The first-order valence-electron chi connectivity index (χ1n) is 11.2. The normalized spacial score (nSPS) is 11.9. The minimum Gasteiger partial charge on any atom is -0.345 e. The third-order valence-electron chi connectivity index (χ3n) is 5.85. The number of carbonyl (C=O) groups excluding carboxylic acids is 1. The minimum absolute atomic E-state index is 0.0252. The van der Waals surface area contributed by atoms with Gasteiger partial charge in [0, 0.05) is 11.6 Å². The summed E-state index contributed by atoms with van der Waals surface area (Å²) in [5.41, 5.74) is 2.64. The largest absolute Gasteiger partial charge is 0.345 e. The lowest BCUT2D eigenvalue weighted by Gasteiger charge is -2.17. The highest BCUT2D eigenvalue weighted by Crippen LogP contribution is 2.21. The van der Waals surface area contributed by atoms with E-state index in [0.717, 1.165) is 17.3 Å². The van der Waals surface area contributed by atoms with Crippen LogP contribution in [0.15, 0.2) is 65.7 Å². The molecule has 0 fully saturated rings. The molecular formula is C27H24FN5O2. The van der Waals surface area contributed by atoms with Gasteiger partial charge in [0.1, 0.15) is 17.0 Å². The van der Waals surface area contributed by atoms with Crippen LogP contribution in [0.1, 0.15) is 65.5 Å². The van der Waals surface area contributed by atoms with Crippen molar-refractivity contribution in [2.45, 2.75) is 39.3 Å². The number of aromatic nitrogens is 3. The lowest BCUT2D eigenvalue weighted by molar-refractivity contribution is 0.0938. The summed E-state index contributed by atoms with van der Waals surface area (Å²) in [6.45, 7) is 5.91. The molecule has 3 heterocycles. The van der Waals surface area contributed by atoms with Gasteiger partial charge in [-0.2, -0.15) is 5.26 Å². The molecule has 1 N–H and O–H groups in total. The summed E-state index contributed by atoms with van der Waals surface area (Å²) in [4.78, 5) is 35.2. The first-order valence-corrected chi connectivity index (χ1v) is 11.2. The first-order chi connectivity index (χ1) is 16.8. The lowest BCUT2D eigenvalue weighted by atomic mass is 10.0. The zero-order valence-electron chi connectivity index (χ0n) is 19.6. The van der Waals surface area contributed by atoms with E-state index >= 15 is 0 Å². The van der Waals surface area contributed by atoms with Crippen molar-refractivity contribution < 1.29 is 9.18 Å². The van der Waals surface area contributed by atoms with Crippen molar-refractivity contribution in [2.24, 2.45) is 0 Å². The van der Waals surface area contributed by atoms with Gasteiger partial charge < -0.3 is 5.32 Å². The molecule has 4 aromatic rings. The molecule has 1 aromatic carbocycles. The second-order valence-electron chi connectivity index (χ2n) is 8.68. The lowest BCUT2D eigenvalue weighted by Crippen LogP contribution is -2.35. The molecule has 3 aromatic heterocycles. The number of amides is 1. The highest BCUT2D eigenvalue weighted by Gasteiger charge is 2.20. The summed E-state index contributed by atoms with van der Waals surface area (Å²) in [6.07, 6.45) is 2.80. The molecule has 0 saturated heterocycles. The number of nitriles is 1. The molecule has 0 radical (unpaired) electrons. The van der Waals surface area contributed by atoms with Gasteiger partial charge in [0.2, 0.25) is 0 Å². The Balaban J connectivity index is 1.76. The predicted molar refractivity (Wildman–Crippen MR) is 130 cm³/mol. The van der Waals surface area contributed by atoms with Crippen molar-refractivity contribution in [3.63, 3.8) is 0 Å².